The summed E-state index contributed by atoms with van der Waals surface area (Å²) in [5.74, 6) is 0.787. The summed E-state index contributed by atoms with van der Waals surface area (Å²) in [6.07, 6.45) is 1.62. The summed E-state index contributed by atoms with van der Waals surface area (Å²) in [6, 6.07) is 5.96. The molecule has 2 heterocycles. The van der Waals surface area contributed by atoms with Gasteiger partial charge in [0, 0.05) is 5.56 Å². The van der Waals surface area contributed by atoms with Crippen LogP contribution in [0.1, 0.15) is 16.7 Å². The van der Waals surface area contributed by atoms with Gasteiger partial charge in [0.2, 0.25) is 0 Å². The highest BCUT2D eigenvalue weighted by atomic mass is 32.1. The van der Waals surface area contributed by atoms with Crippen LogP contribution in [0.4, 0.5) is 0 Å². The summed E-state index contributed by atoms with van der Waals surface area (Å²) in [5.41, 5.74) is 3.97. The molecule has 0 spiro atoms. The molecule has 0 saturated heterocycles. The molecule has 3 rings (SSSR count). The number of hydrogen-bond acceptors (Lipinski definition) is 4. The zero-order valence-corrected chi connectivity index (χ0v) is 13.0. The van der Waals surface area contributed by atoms with E-state index in [-0.39, 0.29) is 5.56 Å². The fraction of sp³-hybridized carbons (Fsp3) is 0.250. The Kier molecular flexibility index (Phi) is 3.51. The minimum absolute atomic E-state index is 0.00154. The van der Waals surface area contributed by atoms with Crippen molar-refractivity contribution in [2.75, 3.05) is 7.11 Å². The van der Waals surface area contributed by atoms with Gasteiger partial charge in [-0.15, -0.1) is 11.3 Å². The van der Waals surface area contributed by atoms with E-state index in [1.807, 2.05) is 37.4 Å². The zero-order valence-electron chi connectivity index (χ0n) is 12.2. The number of aryl methyl sites for hydroxylation is 2. The van der Waals surface area contributed by atoms with E-state index >= 15 is 0 Å². The van der Waals surface area contributed by atoms with Crippen molar-refractivity contribution >= 4 is 21.6 Å². The maximum absolute atomic E-state index is 12.5. The van der Waals surface area contributed by atoms with Crippen LogP contribution in [-0.2, 0) is 6.54 Å². The Morgan fingerprint density at radius 1 is 1.33 bits per heavy atom. The summed E-state index contributed by atoms with van der Waals surface area (Å²) in [7, 11) is 1.64. The first-order valence-corrected chi connectivity index (χ1v) is 7.55. The molecule has 5 heteroatoms. The van der Waals surface area contributed by atoms with E-state index in [1.165, 1.54) is 11.3 Å². The van der Waals surface area contributed by atoms with Gasteiger partial charge in [-0.1, -0.05) is 17.7 Å². The zero-order chi connectivity index (χ0) is 15.0. The lowest BCUT2D eigenvalue weighted by atomic mass is 10.1. The van der Waals surface area contributed by atoms with Crippen molar-refractivity contribution in [1.82, 2.24) is 9.55 Å². The number of methoxy groups -OCH3 is 1. The Morgan fingerprint density at radius 2 is 2.14 bits per heavy atom. The molecule has 0 unspecified atom stereocenters. The highest BCUT2D eigenvalue weighted by molar-refractivity contribution is 7.17. The van der Waals surface area contributed by atoms with Gasteiger partial charge in [0.05, 0.1) is 25.5 Å². The number of benzene rings is 1. The third-order valence-electron chi connectivity index (χ3n) is 3.50. The van der Waals surface area contributed by atoms with E-state index in [4.69, 9.17) is 4.74 Å². The second-order valence-electron chi connectivity index (χ2n) is 5.09. The minimum atomic E-state index is 0.00154. The topological polar surface area (TPSA) is 44.1 Å². The maximum atomic E-state index is 12.5. The Labute approximate surface area is 126 Å². The molecule has 108 valence electrons. The summed E-state index contributed by atoms with van der Waals surface area (Å²) in [5, 5.41) is 1.97. The molecule has 0 atom stereocenters. The van der Waals surface area contributed by atoms with Crippen LogP contribution in [0.3, 0.4) is 0 Å². The molecule has 0 fully saturated rings. The van der Waals surface area contributed by atoms with Crippen molar-refractivity contribution in [3.8, 4) is 5.75 Å². The van der Waals surface area contributed by atoms with E-state index in [0.29, 0.717) is 11.2 Å². The number of ether oxygens (including phenoxy) is 1. The van der Waals surface area contributed by atoms with Crippen molar-refractivity contribution in [3.05, 3.63) is 57.0 Å². The van der Waals surface area contributed by atoms with Crippen molar-refractivity contribution in [1.29, 1.82) is 0 Å². The van der Waals surface area contributed by atoms with Gasteiger partial charge in [0.25, 0.3) is 5.56 Å². The number of aromatic nitrogens is 2. The lowest BCUT2D eigenvalue weighted by Crippen LogP contribution is -2.20. The minimum Gasteiger partial charge on any atom is -0.496 e. The molecule has 0 amide bonds. The summed E-state index contributed by atoms with van der Waals surface area (Å²) < 4.78 is 7.72. The third-order valence-corrected chi connectivity index (χ3v) is 4.58. The van der Waals surface area contributed by atoms with Crippen LogP contribution in [0.15, 0.2) is 34.7 Å². The predicted octanol–water partition coefficient (Wildman–Crippen LogP) is 3.13. The first-order valence-electron chi connectivity index (χ1n) is 6.67. The number of rotatable bonds is 3. The molecular formula is C16H16N2O2S. The van der Waals surface area contributed by atoms with E-state index in [0.717, 1.165) is 28.0 Å². The Balaban J connectivity index is 2.08. The van der Waals surface area contributed by atoms with Crippen LogP contribution in [-0.4, -0.2) is 16.7 Å². The van der Waals surface area contributed by atoms with Crippen molar-refractivity contribution in [3.63, 3.8) is 0 Å². The molecule has 0 N–H and O–H groups in total. The molecule has 0 aliphatic heterocycles. The van der Waals surface area contributed by atoms with Crippen molar-refractivity contribution < 1.29 is 4.74 Å². The molecule has 3 aromatic rings. The second kappa shape index (κ2) is 5.33. The largest absolute Gasteiger partial charge is 0.496 e. The predicted molar refractivity (Wildman–Crippen MR) is 85.5 cm³/mol. The Hall–Kier alpha value is -2.14. The fourth-order valence-corrected chi connectivity index (χ4v) is 3.34. The average Bonchev–Trinajstić information content (AvgIpc) is 2.84. The van der Waals surface area contributed by atoms with E-state index in [1.54, 1.807) is 18.0 Å². The number of thiophene rings is 1. The van der Waals surface area contributed by atoms with Crippen LogP contribution >= 0.6 is 11.3 Å². The summed E-state index contributed by atoms with van der Waals surface area (Å²) in [6.45, 7) is 4.46. The fourth-order valence-electron chi connectivity index (χ4n) is 2.39. The standard InChI is InChI=1S/C16H16N2O2S/c1-10-4-5-13(20-3)12(6-10)7-18-9-17-14-11(2)8-21-15(14)16(18)19/h4-6,8-9H,7H2,1-3H3. The quantitative estimate of drug-likeness (QED) is 0.746. The van der Waals surface area contributed by atoms with Gasteiger partial charge in [-0.25, -0.2) is 4.98 Å². The van der Waals surface area contributed by atoms with Gasteiger partial charge >= 0.3 is 0 Å². The Morgan fingerprint density at radius 3 is 2.90 bits per heavy atom. The summed E-state index contributed by atoms with van der Waals surface area (Å²) >= 11 is 1.45. The molecule has 21 heavy (non-hydrogen) atoms. The summed E-state index contributed by atoms with van der Waals surface area (Å²) in [4.78, 5) is 16.9. The number of nitrogens with zero attached hydrogens (tertiary/aromatic N) is 2. The number of hydrogen-bond donors (Lipinski definition) is 0. The molecule has 1 aromatic carbocycles. The van der Waals surface area contributed by atoms with Crippen LogP contribution in [0.5, 0.6) is 5.75 Å². The smallest absolute Gasteiger partial charge is 0.271 e. The molecule has 0 aliphatic carbocycles. The van der Waals surface area contributed by atoms with Gasteiger partial charge in [-0.2, -0.15) is 0 Å². The van der Waals surface area contributed by atoms with Gasteiger partial charge in [0.15, 0.2) is 0 Å². The van der Waals surface area contributed by atoms with Gasteiger partial charge in [-0.05, 0) is 30.9 Å². The molecule has 0 bridgehead atoms. The average molecular weight is 300 g/mol. The Bertz CT molecular complexity index is 864. The van der Waals surface area contributed by atoms with Crippen LogP contribution < -0.4 is 10.3 Å². The highest BCUT2D eigenvalue weighted by Gasteiger charge is 2.10. The van der Waals surface area contributed by atoms with Crippen LogP contribution in [0.25, 0.3) is 10.2 Å². The lowest BCUT2D eigenvalue weighted by molar-refractivity contribution is 0.408. The maximum Gasteiger partial charge on any atom is 0.271 e. The second-order valence-corrected chi connectivity index (χ2v) is 5.97. The van der Waals surface area contributed by atoms with Gasteiger partial charge in [-0.3, -0.25) is 9.36 Å². The first-order chi connectivity index (χ1) is 10.1. The van der Waals surface area contributed by atoms with Gasteiger partial charge in [0.1, 0.15) is 10.4 Å². The van der Waals surface area contributed by atoms with Gasteiger partial charge < -0.3 is 4.74 Å². The molecule has 0 aliphatic rings. The van der Waals surface area contributed by atoms with Crippen molar-refractivity contribution in [2.45, 2.75) is 20.4 Å². The van der Waals surface area contributed by atoms with Crippen LogP contribution in [0.2, 0.25) is 0 Å². The molecule has 2 aromatic heterocycles. The SMILES string of the molecule is COc1ccc(C)cc1Cn1cnc2c(C)csc2c1=O. The lowest BCUT2D eigenvalue weighted by Gasteiger charge is -2.11. The molecule has 0 saturated carbocycles. The third kappa shape index (κ3) is 2.45. The highest BCUT2D eigenvalue weighted by Crippen LogP contribution is 2.22. The van der Waals surface area contributed by atoms with E-state index in [9.17, 15) is 4.79 Å². The normalized spacial score (nSPS) is 11.0. The van der Waals surface area contributed by atoms with E-state index < -0.39 is 0 Å². The molecule has 4 nitrogen and oxygen atoms in total. The molecule has 0 radical (unpaired) electrons. The van der Waals surface area contributed by atoms with Crippen molar-refractivity contribution in [2.24, 2.45) is 0 Å². The number of fused-ring (bicyclic) bond motifs is 1. The monoisotopic (exact) mass is 300 g/mol. The molecular weight excluding hydrogens is 284 g/mol. The first kappa shape index (κ1) is 13.8. The van der Waals surface area contributed by atoms with Crippen LogP contribution in [0, 0.1) is 13.8 Å². The van der Waals surface area contributed by atoms with E-state index in [2.05, 4.69) is 4.98 Å².